The van der Waals surface area contributed by atoms with E-state index < -0.39 is 17.7 Å². The summed E-state index contributed by atoms with van der Waals surface area (Å²) < 4.78 is 22.4. The minimum atomic E-state index is -0.812. The van der Waals surface area contributed by atoms with E-state index in [9.17, 15) is 14.7 Å². The number of fused-ring (bicyclic) bond motifs is 1. The van der Waals surface area contributed by atoms with E-state index in [0.717, 1.165) is 13.1 Å². The summed E-state index contributed by atoms with van der Waals surface area (Å²) in [6, 6.07) is 7.66. The summed E-state index contributed by atoms with van der Waals surface area (Å²) in [5.41, 5.74) is 0.381. The summed E-state index contributed by atoms with van der Waals surface area (Å²) >= 11 is 0. The number of likely N-dealkylation sites (tertiary alicyclic amines) is 1. The van der Waals surface area contributed by atoms with E-state index in [0.29, 0.717) is 68.1 Å². The average Bonchev–Trinajstić information content (AvgIpc) is 3.38. The minimum absolute atomic E-state index is 0.00741. The van der Waals surface area contributed by atoms with Crippen LogP contribution in [0.1, 0.15) is 23.1 Å². The molecule has 3 aliphatic heterocycles. The number of ether oxygens (including phenoxy) is 3. The van der Waals surface area contributed by atoms with Crippen LogP contribution in [0.4, 0.5) is 0 Å². The van der Waals surface area contributed by atoms with Crippen molar-refractivity contribution in [2.75, 3.05) is 52.6 Å². The Bertz CT molecular complexity index is 1100. The van der Waals surface area contributed by atoms with Crippen LogP contribution in [0.25, 0.3) is 5.76 Å². The Kier molecular flexibility index (Phi) is 5.82. The maximum Gasteiger partial charge on any atom is 0.295 e. The molecule has 5 rings (SSSR count). The van der Waals surface area contributed by atoms with Crippen LogP contribution < -0.4 is 9.47 Å². The maximum atomic E-state index is 13.1. The molecule has 1 unspecified atom stereocenters. The average molecular weight is 454 g/mol. The first kappa shape index (κ1) is 21.5. The summed E-state index contributed by atoms with van der Waals surface area (Å²) in [6.45, 7) is 6.39. The molecule has 2 saturated heterocycles. The highest BCUT2D eigenvalue weighted by molar-refractivity contribution is 6.46. The molecule has 9 nitrogen and oxygen atoms in total. The highest BCUT2D eigenvalue weighted by Crippen LogP contribution is 2.41. The number of aliphatic hydroxyl groups is 1. The number of amides is 1. The van der Waals surface area contributed by atoms with Crippen molar-refractivity contribution in [1.29, 1.82) is 0 Å². The number of aliphatic hydroxyl groups excluding tert-OH is 1. The third kappa shape index (κ3) is 4.09. The van der Waals surface area contributed by atoms with Gasteiger partial charge in [-0.15, -0.1) is 0 Å². The molecule has 2 fully saturated rings. The predicted octanol–water partition coefficient (Wildman–Crippen LogP) is 2.11. The summed E-state index contributed by atoms with van der Waals surface area (Å²) in [5.74, 6) is 0.498. The number of nitrogens with zero attached hydrogens (tertiary/aromatic N) is 2. The molecule has 0 bridgehead atoms. The molecule has 1 amide bonds. The van der Waals surface area contributed by atoms with E-state index in [2.05, 4.69) is 4.90 Å². The van der Waals surface area contributed by atoms with Gasteiger partial charge in [-0.05, 0) is 37.3 Å². The summed E-state index contributed by atoms with van der Waals surface area (Å²) in [7, 11) is 0. The second-order valence-corrected chi connectivity index (χ2v) is 8.25. The Hall–Kier alpha value is -3.30. The van der Waals surface area contributed by atoms with Crippen LogP contribution in [0, 0.1) is 6.92 Å². The fourth-order valence-corrected chi connectivity index (χ4v) is 4.43. The molecule has 33 heavy (non-hydrogen) atoms. The van der Waals surface area contributed by atoms with Crippen molar-refractivity contribution in [3.63, 3.8) is 0 Å². The van der Waals surface area contributed by atoms with Crippen molar-refractivity contribution < 1.29 is 33.3 Å². The molecule has 4 heterocycles. The SMILES string of the molecule is Cc1ccc(C2C(=C(O)c3ccc4c(c3)OCCO4)C(=O)C(=O)N2CCN2CCOCC2)o1. The number of ketones is 1. The highest BCUT2D eigenvalue weighted by atomic mass is 16.6. The molecular formula is C24H26N2O7. The number of Topliss-reactive ketones (excluding diaryl/α,β-unsaturated/α-hetero) is 1. The number of benzene rings is 1. The van der Waals surface area contributed by atoms with E-state index in [-0.39, 0.29) is 11.3 Å². The second-order valence-electron chi connectivity index (χ2n) is 8.25. The van der Waals surface area contributed by atoms with Gasteiger partial charge in [-0.2, -0.15) is 0 Å². The maximum absolute atomic E-state index is 13.1. The van der Waals surface area contributed by atoms with E-state index in [1.165, 1.54) is 4.90 Å². The van der Waals surface area contributed by atoms with Gasteiger partial charge < -0.3 is 28.6 Å². The standard InChI is InChI=1S/C24H26N2O7/c1-15-2-4-18(33-15)21-20(22(27)16-3-5-17-19(14-16)32-13-12-31-17)23(28)24(29)26(21)7-6-25-8-10-30-11-9-25/h2-5,14,21,27H,6-13H2,1H3. The third-order valence-corrected chi connectivity index (χ3v) is 6.15. The number of furan rings is 1. The van der Waals surface area contributed by atoms with Gasteiger partial charge in [0.2, 0.25) is 0 Å². The van der Waals surface area contributed by atoms with E-state index >= 15 is 0 Å². The molecule has 1 aromatic carbocycles. The van der Waals surface area contributed by atoms with Crippen molar-refractivity contribution in [2.45, 2.75) is 13.0 Å². The first-order valence-corrected chi connectivity index (χ1v) is 11.1. The van der Waals surface area contributed by atoms with Crippen molar-refractivity contribution in [3.8, 4) is 11.5 Å². The molecular weight excluding hydrogens is 428 g/mol. The molecule has 0 aliphatic carbocycles. The quantitative estimate of drug-likeness (QED) is 0.417. The van der Waals surface area contributed by atoms with Gasteiger partial charge in [0.1, 0.15) is 36.5 Å². The van der Waals surface area contributed by atoms with Crippen LogP contribution in [0.5, 0.6) is 11.5 Å². The lowest BCUT2D eigenvalue weighted by molar-refractivity contribution is -0.140. The smallest absolute Gasteiger partial charge is 0.295 e. The molecule has 174 valence electrons. The lowest BCUT2D eigenvalue weighted by Crippen LogP contribution is -2.42. The van der Waals surface area contributed by atoms with Gasteiger partial charge in [-0.25, -0.2) is 0 Å². The molecule has 0 saturated carbocycles. The lowest BCUT2D eigenvalue weighted by Gasteiger charge is -2.30. The molecule has 9 heteroatoms. The van der Waals surface area contributed by atoms with Crippen molar-refractivity contribution in [1.82, 2.24) is 9.80 Å². The summed E-state index contributed by atoms with van der Waals surface area (Å²) in [6.07, 6.45) is 0. The Morgan fingerprint density at radius 2 is 1.76 bits per heavy atom. The molecule has 1 aromatic heterocycles. The van der Waals surface area contributed by atoms with Crippen LogP contribution >= 0.6 is 0 Å². The zero-order valence-electron chi connectivity index (χ0n) is 18.4. The number of carbonyl (C=O) groups is 2. The Morgan fingerprint density at radius 1 is 1.00 bits per heavy atom. The second kappa shape index (κ2) is 8.92. The molecule has 0 spiro atoms. The van der Waals surface area contributed by atoms with E-state index in [1.807, 2.05) is 0 Å². The van der Waals surface area contributed by atoms with Gasteiger partial charge in [0.05, 0.1) is 18.8 Å². The highest BCUT2D eigenvalue weighted by Gasteiger charge is 2.47. The number of rotatable bonds is 5. The van der Waals surface area contributed by atoms with Crippen LogP contribution in [-0.2, 0) is 14.3 Å². The number of morpholine rings is 1. The first-order valence-electron chi connectivity index (χ1n) is 11.1. The Labute approximate surface area is 191 Å². The predicted molar refractivity (Wildman–Crippen MR) is 117 cm³/mol. The van der Waals surface area contributed by atoms with Gasteiger partial charge in [0, 0.05) is 31.7 Å². The molecule has 2 aromatic rings. The first-order chi connectivity index (χ1) is 16.0. The fourth-order valence-electron chi connectivity index (χ4n) is 4.43. The van der Waals surface area contributed by atoms with Crippen molar-refractivity contribution in [3.05, 3.63) is 53.0 Å². The zero-order chi connectivity index (χ0) is 22.9. The van der Waals surface area contributed by atoms with Gasteiger partial charge in [-0.1, -0.05) is 0 Å². The Balaban J connectivity index is 1.51. The number of aryl methyl sites for hydroxylation is 1. The van der Waals surface area contributed by atoms with E-state index in [4.69, 9.17) is 18.6 Å². The Morgan fingerprint density at radius 3 is 2.48 bits per heavy atom. The number of hydrogen-bond donors (Lipinski definition) is 1. The molecule has 1 N–H and O–H groups in total. The van der Waals surface area contributed by atoms with Gasteiger partial charge >= 0.3 is 0 Å². The van der Waals surface area contributed by atoms with Gasteiger partial charge in [0.25, 0.3) is 11.7 Å². The molecule has 1 atom stereocenters. The van der Waals surface area contributed by atoms with Gasteiger partial charge in [-0.3, -0.25) is 14.5 Å². The number of hydrogen-bond acceptors (Lipinski definition) is 8. The monoisotopic (exact) mass is 454 g/mol. The lowest BCUT2D eigenvalue weighted by atomic mass is 9.99. The van der Waals surface area contributed by atoms with Crippen LogP contribution in [0.3, 0.4) is 0 Å². The topological polar surface area (TPSA) is 102 Å². The van der Waals surface area contributed by atoms with Crippen LogP contribution in [-0.4, -0.2) is 79.2 Å². The zero-order valence-corrected chi connectivity index (χ0v) is 18.4. The normalized spacial score (nSPS) is 22.7. The largest absolute Gasteiger partial charge is 0.507 e. The number of carbonyl (C=O) groups excluding carboxylic acids is 2. The van der Waals surface area contributed by atoms with Gasteiger partial charge in [0.15, 0.2) is 11.5 Å². The third-order valence-electron chi connectivity index (χ3n) is 6.15. The minimum Gasteiger partial charge on any atom is -0.507 e. The van der Waals surface area contributed by atoms with Crippen molar-refractivity contribution in [2.24, 2.45) is 0 Å². The molecule has 3 aliphatic rings. The summed E-state index contributed by atoms with van der Waals surface area (Å²) in [4.78, 5) is 29.8. The van der Waals surface area contributed by atoms with E-state index in [1.54, 1.807) is 37.3 Å². The summed E-state index contributed by atoms with van der Waals surface area (Å²) in [5, 5.41) is 11.2. The van der Waals surface area contributed by atoms with Crippen molar-refractivity contribution >= 4 is 17.4 Å². The molecule has 0 radical (unpaired) electrons. The van der Waals surface area contributed by atoms with Crippen LogP contribution in [0.15, 0.2) is 40.3 Å². The van der Waals surface area contributed by atoms with Crippen LogP contribution in [0.2, 0.25) is 0 Å². The fraction of sp³-hybridized carbons (Fsp3) is 0.417.